The minimum absolute atomic E-state index is 0.0785. The third-order valence-electron chi connectivity index (χ3n) is 4.11. The molecule has 0 fully saturated rings. The zero-order chi connectivity index (χ0) is 18.4. The molecule has 2 amide bonds. The van der Waals surface area contributed by atoms with E-state index in [1.54, 1.807) is 7.11 Å². The van der Waals surface area contributed by atoms with Crippen molar-refractivity contribution in [1.82, 2.24) is 5.01 Å². The smallest absolute Gasteiger partial charge is 0.271 e. The van der Waals surface area contributed by atoms with Gasteiger partial charge in [0.25, 0.3) is 5.91 Å². The first-order chi connectivity index (χ1) is 12.7. The monoisotopic (exact) mass is 351 g/mol. The molecule has 1 aliphatic rings. The topological polar surface area (TPSA) is 71.0 Å². The number of amides is 2. The molecule has 134 valence electrons. The van der Waals surface area contributed by atoms with Crippen LogP contribution in [-0.4, -0.2) is 29.6 Å². The van der Waals surface area contributed by atoms with Crippen LogP contribution in [0.3, 0.4) is 0 Å². The Balaban J connectivity index is 1.74. The number of carbonyl (C=O) groups excluding carboxylic acids is 2. The lowest BCUT2D eigenvalue weighted by Gasteiger charge is -2.23. The van der Waals surface area contributed by atoms with E-state index >= 15 is 0 Å². The number of benzene rings is 2. The SMILES string of the molecule is COCc1ccccc1NC(=O)C1=NN(Cc2ccccc2)C(=O)CC1. The lowest BCUT2D eigenvalue weighted by atomic mass is 10.1. The predicted molar refractivity (Wildman–Crippen MR) is 99.4 cm³/mol. The first kappa shape index (κ1) is 17.8. The van der Waals surface area contributed by atoms with E-state index < -0.39 is 0 Å². The molecule has 0 aliphatic carbocycles. The van der Waals surface area contributed by atoms with Crippen LogP contribution in [0.2, 0.25) is 0 Å². The third-order valence-corrected chi connectivity index (χ3v) is 4.11. The highest BCUT2D eigenvalue weighted by Crippen LogP contribution is 2.18. The molecule has 3 rings (SSSR count). The van der Waals surface area contributed by atoms with E-state index in [4.69, 9.17) is 4.74 Å². The summed E-state index contributed by atoms with van der Waals surface area (Å²) in [6, 6.07) is 17.1. The van der Waals surface area contributed by atoms with Gasteiger partial charge in [0.1, 0.15) is 5.71 Å². The molecule has 0 atom stereocenters. The molecule has 2 aromatic carbocycles. The first-order valence-corrected chi connectivity index (χ1v) is 8.47. The van der Waals surface area contributed by atoms with Crippen LogP contribution in [0, 0.1) is 0 Å². The maximum Gasteiger partial charge on any atom is 0.271 e. The summed E-state index contributed by atoms with van der Waals surface area (Å²) in [5.74, 6) is -0.371. The summed E-state index contributed by atoms with van der Waals surface area (Å²) in [5, 5.41) is 8.53. The minimum atomic E-state index is -0.292. The lowest BCUT2D eigenvalue weighted by molar-refractivity contribution is -0.132. The largest absolute Gasteiger partial charge is 0.380 e. The normalized spacial score (nSPS) is 14.1. The van der Waals surface area contributed by atoms with Gasteiger partial charge >= 0.3 is 0 Å². The Morgan fingerprint density at radius 1 is 1.12 bits per heavy atom. The van der Waals surface area contributed by atoms with E-state index in [1.165, 1.54) is 5.01 Å². The fourth-order valence-electron chi connectivity index (χ4n) is 2.76. The number of hydrogen-bond acceptors (Lipinski definition) is 4. The number of nitrogens with one attached hydrogen (secondary N) is 1. The molecular weight excluding hydrogens is 330 g/mol. The molecule has 0 unspecified atom stereocenters. The number of carbonyl (C=O) groups is 2. The van der Waals surface area contributed by atoms with Gasteiger partial charge in [-0.3, -0.25) is 9.59 Å². The molecule has 1 aliphatic heterocycles. The van der Waals surface area contributed by atoms with Crippen molar-refractivity contribution in [2.24, 2.45) is 5.10 Å². The quantitative estimate of drug-likeness (QED) is 0.870. The summed E-state index contributed by atoms with van der Waals surface area (Å²) in [6.45, 7) is 0.762. The Hall–Kier alpha value is -2.99. The molecule has 0 saturated carbocycles. The number of rotatable bonds is 6. The van der Waals surface area contributed by atoms with Crippen LogP contribution in [0.5, 0.6) is 0 Å². The maximum atomic E-state index is 12.6. The molecule has 2 aromatic rings. The van der Waals surface area contributed by atoms with E-state index in [0.717, 1.165) is 11.1 Å². The van der Waals surface area contributed by atoms with Crippen LogP contribution in [0.15, 0.2) is 59.7 Å². The van der Waals surface area contributed by atoms with Gasteiger partial charge in [0.15, 0.2) is 0 Å². The zero-order valence-electron chi connectivity index (χ0n) is 14.6. The average Bonchev–Trinajstić information content (AvgIpc) is 2.66. The van der Waals surface area contributed by atoms with Crippen LogP contribution >= 0.6 is 0 Å². The summed E-state index contributed by atoms with van der Waals surface area (Å²) in [4.78, 5) is 24.7. The second-order valence-electron chi connectivity index (χ2n) is 6.03. The Morgan fingerprint density at radius 2 is 1.85 bits per heavy atom. The number of anilines is 1. The molecule has 0 radical (unpaired) electrons. The Morgan fingerprint density at radius 3 is 2.62 bits per heavy atom. The summed E-state index contributed by atoms with van der Waals surface area (Å²) in [7, 11) is 1.61. The number of nitrogens with zero attached hydrogens (tertiary/aromatic N) is 2. The van der Waals surface area contributed by atoms with E-state index in [-0.39, 0.29) is 18.2 Å². The van der Waals surface area contributed by atoms with E-state index in [1.807, 2.05) is 54.6 Å². The van der Waals surface area contributed by atoms with Gasteiger partial charge in [0.05, 0.1) is 13.2 Å². The number of hydrogen-bond donors (Lipinski definition) is 1. The van der Waals surface area contributed by atoms with Crippen molar-refractivity contribution in [3.05, 3.63) is 65.7 Å². The fourth-order valence-corrected chi connectivity index (χ4v) is 2.76. The molecule has 0 aromatic heterocycles. The van der Waals surface area contributed by atoms with Gasteiger partial charge in [-0.15, -0.1) is 0 Å². The van der Waals surface area contributed by atoms with Crippen molar-refractivity contribution >= 4 is 23.2 Å². The van der Waals surface area contributed by atoms with Crippen molar-refractivity contribution in [1.29, 1.82) is 0 Å². The standard InChI is InChI=1S/C20H21N3O3/c1-26-14-16-9-5-6-10-17(16)21-20(25)18-11-12-19(24)23(22-18)13-15-7-3-2-4-8-15/h2-10H,11-14H2,1H3,(H,21,25). The maximum absolute atomic E-state index is 12.6. The first-order valence-electron chi connectivity index (χ1n) is 8.47. The summed E-state index contributed by atoms with van der Waals surface area (Å²) >= 11 is 0. The molecular formula is C20H21N3O3. The average molecular weight is 351 g/mol. The Kier molecular flexibility index (Phi) is 5.76. The van der Waals surface area contributed by atoms with Crippen LogP contribution in [0.1, 0.15) is 24.0 Å². The van der Waals surface area contributed by atoms with Gasteiger partial charge in [-0.25, -0.2) is 5.01 Å². The molecule has 1 heterocycles. The molecule has 6 heteroatoms. The molecule has 0 saturated heterocycles. The molecule has 1 N–H and O–H groups in total. The second kappa shape index (κ2) is 8.40. The van der Waals surface area contributed by atoms with Crippen molar-refractivity contribution in [2.45, 2.75) is 26.0 Å². The third kappa shape index (κ3) is 4.34. The van der Waals surface area contributed by atoms with Crippen molar-refractivity contribution in [2.75, 3.05) is 12.4 Å². The molecule has 0 bridgehead atoms. The van der Waals surface area contributed by atoms with Gasteiger partial charge in [0, 0.05) is 31.2 Å². The summed E-state index contributed by atoms with van der Waals surface area (Å²) in [5.41, 5.74) is 2.90. The summed E-state index contributed by atoms with van der Waals surface area (Å²) < 4.78 is 5.16. The van der Waals surface area contributed by atoms with Gasteiger partial charge in [-0.1, -0.05) is 48.5 Å². The summed E-state index contributed by atoms with van der Waals surface area (Å²) in [6.07, 6.45) is 0.612. The fraction of sp³-hybridized carbons (Fsp3) is 0.250. The van der Waals surface area contributed by atoms with Gasteiger partial charge < -0.3 is 10.1 Å². The highest BCUT2D eigenvalue weighted by Gasteiger charge is 2.24. The van der Waals surface area contributed by atoms with E-state index in [2.05, 4.69) is 10.4 Å². The van der Waals surface area contributed by atoms with E-state index in [9.17, 15) is 9.59 Å². The molecule has 0 spiro atoms. The van der Waals surface area contributed by atoms with Gasteiger partial charge in [-0.05, 0) is 11.6 Å². The second-order valence-corrected chi connectivity index (χ2v) is 6.03. The van der Waals surface area contributed by atoms with Gasteiger partial charge in [0.2, 0.25) is 5.91 Å². The van der Waals surface area contributed by atoms with Crippen molar-refractivity contribution in [3.63, 3.8) is 0 Å². The number of hydrazone groups is 1. The minimum Gasteiger partial charge on any atom is -0.380 e. The Labute approximate surface area is 152 Å². The number of ether oxygens (including phenoxy) is 1. The Bertz CT molecular complexity index is 818. The van der Waals surface area contributed by atoms with Crippen LogP contribution in [0.4, 0.5) is 5.69 Å². The van der Waals surface area contributed by atoms with Crippen LogP contribution < -0.4 is 5.32 Å². The lowest BCUT2D eigenvalue weighted by Crippen LogP contribution is -2.36. The number of methoxy groups -OCH3 is 1. The van der Waals surface area contributed by atoms with Crippen LogP contribution in [0.25, 0.3) is 0 Å². The van der Waals surface area contributed by atoms with Gasteiger partial charge in [-0.2, -0.15) is 5.10 Å². The highest BCUT2D eigenvalue weighted by atomic mass is 16.5. The van der Waals surface area contributed by atoms with E-state index in [0.29, 0.717) is 31.0 Å². The van der Waals surface area contributed by atoms with Crippen LogP contribution in [-0.2, 0) is 27.5 Å². The molecule has 6 nitrogen and oxygen atoms in total. The highest BCUT2D eigenvalue weighted by molar-refractivity contribution is 6.43. The van der Waals surface area contributed by atoms with Crippen molar-refractivity contribution in [3.8, 4) is 0 Å². The zero-order valence-corrected chi connectivity index (χ0v) is 14.6. The molecule has 26 heavy (non-hydrogen) atoms. The van der Waals surface area contributed by atoms with Crippen molar-refractivity contribution < 1.29 is 14.3 Å². The number of para-hydroxylation sites is 1. The predicted octanol–water partition coefficient (Wildman–Crippen LogP) is 2.95.